The van der Waals surface area contributed by atoms with Gasteiger partial charge in [-0.25, -0.2) is 4.79 Å². The van der Waals surface area contributed by atoms with E-state index in [1.54, 1.807) is 38.1 Å². The summed E-state index contributed by atoms with van der Waals surface area (Å²) < 4.78 is 10.5. The molecule has 18 heteroatoms. The topological polar surface area (TPSA) is 265 Å². The number of nitro groups is 1. The van der Waals surface area contributed by atoms with Gasteiger partial charge in [0.15, 0.2) is 0 Å². The van der Waals surface area contributed by atoms with Crippen molar-refractivity contribution in [3.05, 3.63) is 76.4 Å². The number of nitrogens with zero attached hydrogens (tertiary/aromatic N) is 2. The van der Waals surface area contributed by atoms with Crippen LogP contribution >= 0.6 is 0 Å². The highest BCUT2D eigenvalue weighted by Crippen LogP contribution is 2.19. The van der Waals surface area contributed by atoms with E-state index >= 15 is 0 Å². The Balaban J connectivity index is 1.51. The molecule has 0 saturated heterocycles. The monoisotopic (exact) mass is 741 g/mol. The largest absolute Gasteiger partial charge is 0.441 e. The molecule has 0 aliphatic carbocycles. The Hall–Kier alpha value is -5.59. The van der Waals surface area contributed by atoms with Gasteiger partial charge in [0.05, 0.1) is 11.5 Å². The Kier molecular flexibility index (Phi) is 16.6. The first kappa shape index (κ1) is 41.8. The first-order chi connectivity index (χ1) is 25.2. The molecule has 2 aromatic rings. The zero-order valence-electron chi connectivity index (χ0n) is 29.6. The number of aliphatic hydroxyl groups is 2. The van der Waals surface area contributed by atoms with Crippen LogP contribution in [0, 0.1) is 16.0 Å². The van der Waals surface area contributed by atoms with Crippen molar-refractivity contribution in [3.8, 4) is 5.75 Å². The molecule has 1 aliphatic rings. The third-order valence-electron chi connectivity index (χ3n) is 8.08. The van der Waals surface area contributed by atoms with Crippen LogP contribution in [0.3, 0.4) is 0 Å². The number of primary amides is 1. The number of aliphatic hydroxyl groups excluding tert-OH is 2. The number of hydrogen-bond donors (Lipinski definition) is 7. The number of carbonyl (C=O) groups is 5. The molecule has 0 spiro atoms. The van der Waals surface area contributed by atoms with Crippen molar-refractivity contribution in [1.29, 1.82) is 0 Å². The number of hydrogen-bond acceptors (Lipinski definition) is 11. The fourth-order valence-corrected chi connectivity index (χ4v) is 5.19. The van der Waals surface area contributed by atoms with Gasteiger partial charge in [0.25, 0.3) is 5.69 Å². The molecule has 0 radical (unpaired) electrons. The summed E-state index contributed by atoms with van der Waals surface area (Å²) in [6, 6.07) is 8.83. The fourth-order valence-electron chi connectivity index (χ4n) is 5.19. The lowest BCUT2D eigenvalue weighted by Gasteiger charge is -2.25. The van der Waals surface area contributed by atoms with E-state index in [-0.39, 0.29) is 55.2 Å². The average Bonchev–Trinajstić information content (AvgIpc) is 3.43. The molecule has 0 bridgehead atoms. The van der Waals surface area contributed by atoms with Crippen LogP contribution in [-0.2, 0) is 30.5 Å². The number of non-ortho nitro benzene ring substituents is 1. The smallest absolute Gasteiger partial charge is 0.313 e. The van der Waals surface area contributed by atoms with Gasteiger partial charge in [-0.05, 0) is 67.5 Å². The van der Waals surface area contributed by atoms with Crippen LogP contribution in [0.15, 0.2) is 60.7 Å². The summed E-state index contributed by atoms with van der Waals surface area (Å²) in [6.07, 6.45) is 4.09. The molecule has 4 atom stereocenters. The van der Waals surface area contributed by atoms with Crippen molar-refractivity contribution < 1.29 is 48.6 Å². The zero-order valence-corrected chi connectivity index (χ0v) is 29.6. The summed E-state index contributed by atoms with van der Waals surface area (Å²) >= 11 is 0. The molecule has 0 fully saturated rings. The quantitative estimate of drug-likeness (QED) is 0.0396. The fraction of sp³-hybridized carbons (Fsp3) is 0.457. The molecule has 1 aliphatic heterocycles. The molecule has 288 valence electrons. The van der Waals surface area contributed by atoms with E-state index in [4.69, 9.17) is 15.2 Å². The third-order valence-corrected chi connectivity index (χ3v) is 8.08. The van der Waals surface area contributed by atoms with E-state index in [0.29, 0.717) is 43.5 Å². The molecule has 0 aromatic heterocycles. The number of nitrogens with two attached hydrogens (primary N) is 1. The molecule has 53 heavy (non-hydrogen) atoms. The second-order valence-corrected chi connectivity index (χ2v) is 12.6. The molecule has 1 heterocycles. The van der Waals surface area contributed by atoms with E-state index in [1.807, 2.05) is 0 Å². The van der Waals surface area contributed by atoms with Gasteiger partial charge in [-0.15, -0.1) is 0 Å². The molecule has 6 amide bonds. The van der Waals surface area contributed by atoms with Gasteiger partial charge >= 0.3 is 12.5 Å². The van der Waals surface area contributed by atoms with Crippen LogP contribution in [0.2, 0.25) is 0 Å². The van der Waals surface area contributed by atoms with Crippen LogP contribution in [-0.4, -0.2) is 87.6 Å². The third kappa shape index (κ3) is 14.5. The maximum Gasteiger partial charge on any atom is 0.313 e. The summed E-state index contributed by atoms with van der Waals surface area (Å²) in [5.41, 5.74) is 6.02. The summed E-state index contributed by atoms with van der Waals surface area (Å²) in [5, 5.41) is 41.3. The molecular weight excluding hydrogens is 694 g/mol. The average molecular weight is 742 g/mol. The number of benzene rings is 2. The lowest BCUT2D eigenvalue weighted by atomic mass is 10.0. The lowest BCUT2D eigenvalue weighted by molar-refractivity contribution is -0.384. The minimum Gasteiger partial charge on any atom is -0.441 e. The van der Waals surface area contributed by atoms with E-state index in [9.17, 15) is 44.3 Å². The van der Waals surface area contributed by atoms with Crippen molar-refractivity contribution in [3.63, 3.8) is 0 Å². The number of rotatable bonds is 22. The summed E-state index contributed by atoms with van der Waals surface area (Å²) in [6.45, 7) is 2.31. The number of carbonyl (C=O) groups excluding carboxylic acids is 5. The number of nitrogens with one attached hydrogen (secondary N) is 4. The van der Waals surface area contributed by atoms with Crippen LogP contribution in [0.1, 0.15) is 57.9 Å². The maximum absolute atomic E-state index is 13.4. The standard InChI is InChI=1S/C35H47N7O11/c1-22(2)31(40-28(43)8-4-3-5-20-41-29(44)17-18-30(41)45)33(47)39-27(7-6-19-37-34(36)48)32(46)38-24-11-9-23(10-12-24)21-52-35(49)53-26-15-13-25(14-16-26)42(50)51/h9-18,22,27,29,31,35,44,49H,3-8,19-21H2,1-2H3,(H,38,46)(H,39,47)(H,40,43)(H3,36,37,48)/t27-,29?,31-,35?/m0/s1. The summed E-state index contributed by atoms with van der Waals surface area (Å²) in [5.74, 6) is -1.87. The van der Waals surface area contributed by atoms with Crippen molar-refractivity contribution in [2.24, 2.45) is 11.7 Å². The maximum atomic E-state index is 13.4. The second kappa shape index (κ2) is 21.1. The van der Waals surface area contributed by atoms with Crippen molar-refractivity contribution in [2.45, 2.75) is 83.8 Å². The molecule has 3 rings (SSSR count). The first-order valence-electron chi connectivity index (χ1n) is 17.1. The Morgan fingerprint density at radius 1 is 0.981 bits per heavy atom. The van der Waals surface area contributed by atoms with Gasteiger partial charge in [-0.3, -0.25) is 29.3 Å². The molecule has 0 saturated carbocycles. The second-order valence-electron chi connectivity index (χ2n) is 12.6. The number of ether oxygens (including phenoxy) is 2. The van der Waals surface area contributed by atoms with Crippen LogP contribution in [0.4, 0.5) is 16.2 Å². The van der Waals surface area contributed by atoms with E-state index in [1.165, 1.54) is 41.3 Å². The predicted molar refractivity (Wildman–Crippen MR) is 190 cm³/mol. The highest BCUT2D eigenvalue weighted by molar-refractivity contribution is 5.98. The Bertz CT molecular complexity index is 1590. The Morgan fingerprint density at radius 2 is 1.68 bits per heavy atom. The first-order valence-corrected chi connectivity index (χ1v) is 17.1. The van der Waals surface area contributed by atoms with Crippen molar-refractivity contribution >= 4 is 41.0 Å². The molecule has 2 unspecified atom stereocenters. The minimum atomic E-state index is -1.66. The highest BCUT2D eigenvalue weighted by Gasteiger charge is 2.29. The molecule has 8 N–H and O–H groups in total. The van der Waals surface area contributed by atoms with E-state index in [0.717, 1.165) is 0 Å². The van der Waals surface area contributed by atoms with E-state index < -0.39 is 47.6 Å². The van der Waals surface area contributed by atoms with Crippen LogP contribution in [0.5, 0.6) is 5.75 Å². The number of amides is 6. The Morgan fingerprint density at radius 3 is 2.28 bits per heavy atom. The summed E-state index contributed by atoms with van der Waals surface area (Å²) in [4.78, 5) is 74.0. The van der Waals surface area contributed by atoms with E-state index in [2.05, 4.69) is 21.3 Å². The summed E-state index contributed by atoms with van der Waals surface area (Å²) in [7, 11) is 0. The van der Waals surface area contributed by atoms with Gasteiger partial charge in [-0.2, -0.15) is 0 Å². The van der Waals surface area contributed by atoms with Crippen LogP contribution < -0.4 is 31.7 Å². The van der Waals surface area contributed by atoms with Gasteiger partial charge in [-0.1, -0.05) is 32.4 Å². The van der Waals surface area contributed by atoms with Gasteiger partial charge in [0.1, 0.15) is 24.1 Å². The van der Waals surface area contributed by atoms with Crippen molar-refractivity contribution in [1.82, 2.24) is 20.9 Å². The Labute approximate surface area is 306 Å². The highest BCUT2D eigenvalue weighted by atomic mass is 16.8. The molecule has 2 aromatic carbocycles. The number of anilines is 1. The zero-order chi connectivity index (χ0) is 38.9. The van der Waals surface area contributed by atoms with Gasteiger partial charge in [0.2, 0.25) is 23.6 Å². The molecule has 18 nitrogen and oxygen atoms in total. The van der Waals surface area contributed by atoms with Gasteiger partial charge in [0, 0.05) is 43.4 Å². The number of urea groups is 1. The SMILES string of the molecule is CC(C)[C@H](NC(=O)CCCCCN1C(=O)C=CC1O)C(=O)N[C@@H](CCCNC(N)=O)C(=O)Nc1ccc(COC(O)Oc2ccc([N+](=O)[O-])cc2)cc1. The van der Waals surface area contributed by atoms with Crippen LogP contribution in [0.25, 0.3) is 0 Å². The lowest BCUT2D eigenvalue weighted by Crippen LogP contribution is -2.54. The number of nitro benzene ring substituents is 1. The molecular formula is C35H47N7O11. The predicted octanol–water partition coefficient (Wildman–Crippen LogP) is 1.76. The minimum absolute atomic E-state index is 0.0717. The van der Waals surface area contributed by atoms with Gasteiger partial charge < -0.3 is 51.6 Å². The normalized spacial score (nSPS) is 15.4. The van der Waals surface area contributed by atoms with Crippen molar-refractivity contribution in [2.75, 3.05) is 18.4 Å². The number of unbranched alkanes of at least 4 members (excludes halogenated alkanes) is 2.